The molecule has 1 aromatic heterocycles. The van der Waals surface area contributed by atoms with Gasteiger partial charge in [0.05, 0.1) is 17.1 Å². The van der Waals surface area contributed by atoms with Crippen molar-refractivity contribution in [2.75, 3.05) is 13.1 Å². The van der Waals surface area contributed by atoms with Gasteiger partial charge in [0, 0.05) is 31.3 Å². The number of hydrazine groups is 1. The van der Waals surface area contributed by atoms with Gasteiger partial charge in [-0.3, -0.25) is 15.0 Å². The number of hydrogen-bond donors (Lipinski definition) is 2. The molecular formula is C20H27ClN4O2S. The highest BCUT2D eigenvalue weighted by molar-refractivity contribution is 7.09. The van der Waals surface area contributed by atoms with E-state index in [4.69, 9.17) is 10.8 Å². The lowest BCUT2D eigenvalue weighted by Crippen LogP contribution is -2.36. The van der Waals surface area contributed by atoms with Crippen molar-refractivity contribution < 1.29 is 9.59 Å². The Morgan fingerprint density at radius 3 is 2.43 bits per heavy atom. The predicted molar refractivity (Wildman–Crippen MR) is 113 cm³/mol. The molecule has 0 spiro atoms. The molecule has 1 fully saturated rings. The SMILES string of the molecule is CC(=O)N1CCC(c2nc(CCc3ccc(CC(=O)NN)cc3)cs2)CC1.Cl. The monoisotopic (exact) mass is 422 g/mol. The van der Waals surface area contributed by atoms with E-state index in [1.165, 1.54) is 10.6 Å². The minimum Gasteiger partial charge on any atom is -0.343 e. The van der Waals surface area contributed by atoms with Crippen LogP contribution in [0.15, 0.2) is 29.6 Å². The first-order chi connectivity index (χ1) is 13.0. The van der Waals surface area contributed by atoms with Crippen LogP contribution in [-0.2, 0) is 28.9 Å². The van der Waals surface area contributed by atoms with Crippen molar-refractivity contribution in [2.24, 2.45) is 5.84 Å². The van der Waals surface area contributed by atoms with E-state index in [1.807, 2.05) is 17.0 Å². The molecule has 0 atom stereocenters. The molecule has 152 valence electrons. The lowest BCUT2D eigenvalue weighted by molar-refractivity contribution is -0.129. The van der Waals surface area contributed by atoms with Gasteiger partial charge >= 0.3 is 0 Å². The number of benzene rings is 1. The Hall–Kier alpha value is -1.96. The van der Waals surface area contributed by atoms with Crippen LogP contribution in [0.3, 0.4) is 0 Å². The van der Waals surface area contributed by atoms with E-state index in [-0.39, 0.29) is 24.2 Å². The van der Waals surface area contributed by atoms with Crippen LogP contribution in [0.4, 0.5) is 0 Å². The number of nitrogens with two attached hydrogens (primary N) is 1. The predicted octanol–water partition coefficient (Wildman–Crippen LogP) is 2.61. The summed E-state index contributed by atoms with van der Waals surface area (Å²) < 4.78 is 0. The van der Waals surface area contributed by atoms with Crippen LogP contribution in [0, 0.1) is 0 Å². The zero-order valence-corrected chi connectivity index (χ0v) is 17.7. The molecule has 0 radical (unpaired) electrons. The third kappa shape index (κ3) is 6.02. The molecule has 28 heavy (non-hydrogen) atoms. The molecule has 1 saturated heterocycles. The van der Waals surface area contributed by atoms with Crippen molar-refractivity contribution >= 4 is 35.6 Å². The molecule has 0 bridgehead atoms. The molecule has 0 saturated carbocycles. The number of amides is 2. The molecular weight excluding hydrogens is 396 g/mol. The van der Waals surface area contributed by atoms with Crippen LogP contribution >= 0.6 is 23.7 Å². The zero-order valence-electron chi connectivity index (χ0n) is 16.0. The summed E-state index contributed by atoms with van der Waals surface area (Å²) in [5.74, 6) is 5.58. The van der Waals surface area contributed by atoms with Crippen molar-refractivity contribution in [3.63, 3.8) is 0 Å². The van der Waals surface area contributed by atoms with Crippen molar-refractivity contribution in [2.45, 2.75) is 44.9 Å². The average molecular weight is 423 g/mol. The fourth-order valence-corrected chi connectivity index (χ4v) is 4.42. The normalized spacial score (nSPS) is 14.4. The molecule has 0 aliphatic carbocycles. The number of halogens is 1. The number of carbonyl (C=O) groups is 2. The molecule has 2 heterocycles. The smallest absolute Gasteiger partial charge is 0.238 e. The van der Waals surface area contributed by atoms with Crippen molar-refractivity contribution in [3.05, 3.63) is 51.5 Å². The van der Waals surface area contributed by atoms with Gasteiger partial charge in [0.15, 0.2) is 0 Å². The summed E-state index contributed by atoms with van der Waals surface area (Å²) >= 11 is 1.74. The highest BCUT2D eigenvalue weighted by Gasteiger charge is 2.24. The van der Waals surface area contributed by atoms with Crippen LogP contribution in [0.2, 0.25) is 0 Å². The maximum atomic E-state index is 11.4. The minimum atomic E-state index is -0.188. The van der Waals surface area contributed by atoms with Gasteiger partial charge in [0.25, 0.3) is 0 Å². The fraction of sp³-hybridized carbons (Fsp3) is 0.450. The van der Waals surface area contributed by atoms with E-state index < -0.39 is 0 Å². The van der Waals surface area contributed by atoms with E-state index in [0.29, 0.717) is 12.3 Å². The Kier molecular flexibility index (Phi) is 8.41. The van der Waals surface area contributed by atoms with E-state index in [2.05, 4.69) is 22.9 Å². The number of nitrogens with one attached hydrogen (secondary N) is 1. The second-order valence-corrected chi connectivity index (χ2v) is 7.91. The van der Waals surface area contributed by atoms with Crippen molar-refractivity contribution in [1.82, 2.24) is 15.3 Å². The molecule has 0 unspecified atom stereocenters. The number of rotatable bonds is 6. The van der Waals surface area contributed by atoms with Crippen LogP contribution in [-0.4, -0.2) is 34.8 Å². The Morgan fingerprint density at radius 1 is 1.18 bits per heavy atom. The average Bonchev–Trinajstić information content (AvgIpc) is 3.16. The molecule has 1 aromatic carbocycles. The van der Waals surface area contributed by atoms with Gasteiger partial charge in [-0.25, -0.2) is 10.8 Å². The van der Waals surface area contributed by atoms with Crippen molar-refractivity contribution in [1.29, 1.82) is 0 Å². The van der Waals surface area contributed by atoms with E-state index in [1.54, 1.807) is 18.3 Å². The van der Waals surface area contributed by atoms with Crippen molar-refractivity contribution in [3.8, 4) is 0 Å². The summed E-state index contributed by atoms with van der Waals surface area (Å²) in [6, 6.07) is 8.06. The summed E-state index contributed by atoms with van der Waals surface area (Å²) in [6.07, 6.45) is 4.14. The molecule has 2 amide bonds. The highest BCUT2D eigenvalue weighted by Crippen LogP contribution is 2.30. The highest BCUT2D eigenvalue weighted by atomic mass is 35.5. The summed E-state index contributed by atoms with van der Waals surface area (Å²) in [5, 5.41) is 3.36. The van der Waals surface area contributed by atoms with E-state index >= 15 is 0 Å². The summed E-state index contributed by atoms with van der Waals surface area (Å²) in [4.78, 5) is 29.5. The largest absolute Gasteiger partial charge is 0.343 e. The lowest BCUT2D eigenvalue weighted by atomic mass is 9.97. The van der Waals surface area contributed by atoms with Crippen LogP contribution in [0.25, 0.3) is 0 Å². The minimum absolute atomic E-state index is 0. The first kappa shape index (κ1) is 22.3. The third-order valence-electron chi connectivity index (χ3n) is 5.08. The van der Waals surface area contributed by atoms with Crippen LogP contribution in [0.1, 0.15) is 47.5 Å². The maximum absolute atomic E-state index is 11.4. The summed E-state index contributed by atoms with van der Waals surface area (Å²) in [6.45, 7) is 3.31. The standard InChI is InChI=1S/C20H26N4O2S.ClH/c1-14(25)24-10-8-17(9-11-24)20-22-18(13-27-20)7-6-15-2-4-16(5-3-15)12-19(26)23-21;/h2-5,13,17H,6-12,21H2,1H3,(H,23,26);1H. The number of carbonyl (C=O) groups excluding carboxylic acids is 2. The number of piperidine rings is 1. The number of aryl methyl sites for hydroxylation is 2. The van der Waals surface area contributed by atoms with Gasteiger partial charge in [0.2, 0.25) is 11.8 Å². The van der Waals surface area contributed by atoms with Crippen LogP contribution in [0.5, 0.6) is 0 Å². The summed E-state index contributed by atoms with van der Waals surface area (Å²) in [5.41, 5.74) is 5.47. The lowest BCUT2D eigenvalue weighted by Gasteiger charge is -2.30. The van der Waals surface area contributed by atoms with E-state index in [9.17, 15) is 9.59 Å². The van der Waals surface area contributed by atoms with Gasteiger partial charge in [-0.15, -0.1) is 23.7 Å². The van der Waals surface area contributed by atoms with E-state index in [0.717, 1.165) is 50.0 Å². The fourth-order valence-electron chi connectivity index (χ4n) is 3.40. The number of nitrogens with zero attached hydrogens (tertiary/aromatic N) is 2. The number of likely N-dealkylation sites (tertiary alicyclic amines) is 1. The number of hydrogen-bond acceptors (Lipinski definition) is 5. The second-order valence-electron chi connectivity index (χ2n) is 7.02. The Labute approximate surface area is 175 Å². The molecule has 3 rings (SSSR count). The van der Waals surface area contributed by atoms with Gasteiger partial charge in [0.1, 0.15) is 0 Å². The van der Waals surface area contributed by atoms with Gasteiger partial charge in [-0.1, -0.05) is 24.3 Å². The summed E-state index contributed by atoms with van der Waals surface area (Å²) in [7, 11) is 0. The molecule has 2 aromatic rings. The topological polar surface area (TPSA) is 88.3 Å². The first-order valence-electron chi connectivity index (χ1n) is 9.32. The Balaban J connectivity index is 0.00000280. The second kappa shape index (κ2) is 10.5. The molecule has 1 aliphatic rings. The molecule has 1 aliphatic heterocycles. The molecule has 8 heteroatoms. The number of aromatic nitrogens is 1. The van der Waals surface area contributed by atoms with Gasteiger partial charge < -0.3 is 4.90 Å². The molecule has 3 N–H and O–H groups in total. The Morgan fingerprint density at radius 2 is 1.82 bits per heavy atom. The van der Waals surface area contributed by atoms with Crippen LogP contribution < -0.4 is 11.3 Å². The van der Waals surface area contributed by atoms with Gasteiger partial charge in [-0.2, -0.15) is 0 Å². The quantitative estimate of drug-likeness (QED) is 0.425. The maximum Gasteiger partial charge on any atom is 0.238 e. The number of thiazole rings is 1. The first-order valence-corrected chi connectivity index (χ1v) is 10.2. The Bertz CT molecular complexity index is 786. The molecule has 6 nitrogen and oxygen atoms in total. The third-order valence-corrected chi connectivity index (χ3v) is 6.13. The zero-order chi connectivity index (χ0) is 19.2. The van der Waals surface area contributed by atoms with Gasteiger partial charge in [-0.05, 0) is 36.8 Å².